The predicted molar refractivity (Wildman–Crippen MR) is 153 cm³/mol. The average Bonchev–Trinajstić information content (AvgIpc) is 3.39. The van der Waals surface area contributed by atoms with Gasteiger partial charge >= 0.3 is 12.2 Å². The fraction of sp³-hybridized carbons (Fsp3) is 0.600. The maximum absolute atomic E-state index is 12.9. The molecule has 0 spiro atoms. The quantitative estimate of drug-likeness (QED) is 0.403. The van der Waals surface area contributed by atoms with Crippen molar-refractivity contribution in [2.45, 2.75) is 70.2 Å². The van der Waals surface area contributed by atoms with Crippen LogP contribution in [0.5, 0.6) is 0 Å². The molecule has 1 aromatic carbocycles. The van der Waals surface area contributed by atoms with Gasteiger partial charge in [0.15, 0.2) is 0 Å². The van der Waals surface area contributed by atoms with Gasteiger partial charge in [0, 0.05) is 43.8 Å². The van der Waals surface area contributed by atoms with Crippen molar-refractivity contribution in [3.05, 3.63) is 35.9 Å². The number of halogens is 3. The molecule has 2 aromatic rings. The Morgan fingerprint density at radius 2 is 1.85 bits per heavy atom. The van der Waals surface area contributed by atoms with Crippen LogP contribution in [0.1, 0.15) is 51.0 Å². The van der Waals surface area contributed by atoms with Crippen molar-refractivity contribution in [2.75, 3.05) is 54.9 Å². The summed E-state index contributed by atoms with van der Waals surface area (Å²) >= 11 is 0. The van der Waals surface area contributed by atoms with Crippen LogP contribution < -0.4 is 15.5 Å². The van der Waals surface area contributed by atoms with Gasteiger partial charge in [0.1, 0.15) is 11.6 Å². The summed E-state index contributed by atoms with van der Waals surface area (Å²) in [5.41, 5.74) is 3.30. The molecule has 8 nitrogen and oxygen atoms in total. The predicted octanol–water partition coefficient (Wildman–Crippen LogP) is 5.81. The summed E-state index contributed by atoms with van der Waals surface area (Å²) < 4.78 is 44.0. The number of hydrogen-bond donors (Lipinski definition) is 3. The highest BCUT2D eigenvalue weighted by Crippen LogP contribution is 2.36. The number of aliphatic hydroxyl groups excluding tert-OH is 1. The molecule has 1 aliphatic carbocycles. The largest absolute Gasteiger partial charge is 0.393 e. The van der Waals surface area contributed by atoms with E-state index in [1.54, 1.807) is 0 Å². The van der Waals surface area contributed by atoms with Crippen LogP contribution in [0.3, 0.4) is 0 Å². The van der Waals surface area contributed by atoms with Crippen LogP contribution in [0.15, 0.2) is 30.3 Å². The van der Waals surface area contributed by atoms with Crippen molar-refractivity contribution in [1.82, 2.24) is 9.88 Å². The zero-order valence-corrected chi connectivity index (χ0v) is 23.8. The van der Waals surface area contributed by atoms with Crippen molar-refractivity contribution < 1.29 is 27.8 Å². The normalized spacial score (nSPS) is 25.3. The van der Waals surface area contributed by atoms with E-state index in [0.717, 1.165) is 67.1 Å². The third kappa shape index (κ3) is 7.62. The molecular weight excluding hydrogens is 535 g/mol. The minimum absolute atomic E-state index is 0.0994. The van der Waals surface area contributed by atoms with Gasteiger partial charge in [-0.3, -0.25) is 0 Å². The number of carbonyl (C=O) groups is 1. The van der Waals surface area contributed by atoms with E-state index >= 15 is 0 Å². The second-order valence-electron chi connectivity index (χ2n) is 12.0. The van der Waals surface area contributed by atoms with Gasteiger partial charge in [-0.1, -0.05) is 6.07 Å². The van der Waals surface area contributed by atoms with Crippen LogP contribution in [0.25, 0.3) is 11.1 Å². The van der Waals surface area contributed by atoms with Gasteiger partial charge in [0.2, 0.25) is 0 Å². The summed E-state index contributed by atoms with van der Waals surface area (Å²) in [6.07, 6.45) is -1.83. The Labute approximate surface area is 239 Å². The van der Waals surface area contributed by atoms with Gasteiger partial charge in [-0.25, -0.2) is 9.78 Å². The molecule has 5 rings (SSSR count). The number of aryl methyl sites for hydroxylation is 1. The molecule has 41 heavy (non-hydrogen) atoms. The number of amides is 2. The van der Waals surface area contributed by atoms with E-state index in [1.165, 1.54) is 4.90 Å². The van der Waals surface area contributed by atoms with E-state index in [4.69, 9.17) is 9.72 Å². The first kappa shape index (κ1) is 29.4. The average molecular weight is 576 g/mol. The molecule has 0 bridgehead atoms. The number of likely N-dealkylation sites (tertiary alicyclic amines) is 1. The SMILES string of the molecule is Cc1ccc(NC(=O)N2CC[C@@H](CC(F)(F)F)C2)cc1-c1cc(NC2(C)CCC(O)CC2)nc(N2CCOCC2)c1. The number of anilines is 3. The first-order valence-electron chi connectivity index (χ1n) is 14.5. The molecule has 1 saturated carbocycles. The lowest BCUT2D eigenvalue weighted by Gasteiger charge is -2.37. The molecule has 0 unspecified atom stereocenters. The summed E-state index contributed by atoms with van der Waals surface area (Å²) in [4.78, 5) is 21.6. The van der Waals surface area contributed by atoms with Crippen molar-refractivity contribution in [2.24, 2.45) is 5.92 Å². The minimum atomic E-state index is -4.23. The van der Waals surface area contributed by atoms with E-state index < -0.39 is 18.5 Å². The van der Waals surface area contributed by atoms with Crippen LogP contribution in [0.4, 0.5) is 35.3 Å². The van der Waals surface area contributed by atoms with E-state index in [0.29, 0.717) is 31.9 Å². The molecule has 2 saturated heterocycles. The van der Waals surface area contributed by atoms with E-state index in [1.807, 2.05) is 31.2 Å². The Morgan fingerprint density at radius 3 is 2.56 bits per heavy atom. The number of aromatic nitrogens is 1. The summed E-state index contributed by atoms with van der Waals surface area (Å²) in [6.45, 7) is 7.32. The van der Waals surface area contributed by atoms with E-state index in [2.05, 4.69) is 28.5 Å². The molecule has 11 heteroatoms. The fourth-order valence-electron chi connectivity index (χ4n) is 6.09. The second kappa shape index (κ2) is 12.1. The molecule has 0 radical (unpaired) electrons. The third-order valence-corrected chi connectivity index (χ3v) is 8.53. The molecule has 3 heterocycles. The zero-order valence-electron chi connectivity index (χ0n) is 23.8. The van der Waals surface area contributed by atoms with Crippen molar-refractivity contribution in [3.8, 4) is 11.1 Å². The standard InChI is InChI=1S/C30H40F3N5O3/c1-20-3-4-23(34-28(40)38-10-7-21(19-38)18-30(31,32)33)17-25(20)22-15-26(36-29(2)8-5-24(39)6-9-29)35-27(16-22)37-11-13-41-14-12-37/h3-4,15-17,21,24,39H,5-14,18-19H2,1-2H3,(H,34,40)(H,35,36)/t21-,24?,29?/m0/s1. The molecule has 2 aliphatic heterocycles. The number of benzene rings is 1. The van der Waals surface area contributed by atoms with Crippen LogP contribution in [-0.2, 0) is 4.74 Å². The maximum Gasteiger partial charge on any atom is 0.389 e. The number of rotatable bonds is 6. The molecule has 1 aromatic heterocycles. The van der Waals surface area contributed by atoms with Crippen molar-refractivity contribution in [1.29, 1.82) is 0 Å². The van der Waals surface area contributed by atoms with Crippen LogP contribution in [0, 0.1) is 12.8 Å². The summed E-state index contributed by atoms with van der Waals surface area (Å²) in [5.74, 6) is 1.03. The summed E-state index contributed by atoms with van der Waals surface area (Å²) in [6, 6.07) is 9.36. The van der Waals surface area contributed by atoms with Gasteiger partial charge in [0.25, 0.3) is 0 Å². The molecule has 224 valence electrons. The molecule has 1 atom stereocenters. The number of ether oxygens (including phenoxy) is 1. The Morgan fingerprint density at radius 1 is 1.12 bits per heavy atom. The Bertz CT molecular complexity index is 1230. The molecule has 2 amide bonds. The van der Waals surface area contributed by atoms with Crippen molar-refractivity contribution >= 4 is 23.4 Å². The first-order valence-corrected chi connectivity index (χ1v) is 14.5. The molecule has 3 aliphatic rings. The van der Waals surface area contributed by atoms with Gasteiger partial charge in [-0.05, 0) is 92.8 Å². The smallest absolute Gasteiger partial charge is 0.389 e. The van der Waals surface area contributed by atoms with Crippen molar-refractivity contribution in [3.63, 3.8) is 0 Å². The minimum Gasteiger partial charge on any atom is -0.393 e. The number of carbonyl (C=O) groups excluding carboxylic acids is 1. The monoisotopic (exact) mass is 575 g/mol. The van der Waals surface area contributed by atoms with E-state index in [-0.39, 0.29) is 24.2 Å². The highest BCUT2D eigenvalue weighted by molar-refractivity contribution is 5.91. The number of urea groups is 1. The fourth-order valence-corrected chi connectivity index (χ4v) is 6.09. The number of morpholine rings is 1. The zero-order chi connectivity index (χ0) is 29.2. The highest BCUT2D eigenvalue weighted by atomic mass is 19.4. The van der Waals surface area contributed by atoms with Gasteiger partial charge in [-0.15, -0.1) is 0 Å². The lowest BCUT2D eigenvalue weighted by molar-refractivity contribution is -0.143. The first-order chi connectivity index (χ1) is 19.5. The lowest BCUT2D eigenvalue weighted by atomic mass is 9.82. The molecular formula is C30H40F3N5O3. The third-order valence-electron chi connectivity index (χ3n) is 8.53. The number of hydrogen-bond acceptors (Lipinski definition) is 6. The number of aliphatic hydroxyl groups is 1. The molecule has 3 fully saturated rings. The van der Waals surface area contributed by atoms with Crippen LogP contribution >= 0.6 is 0 Å². The summed E-state index contributed by atoms with van der Waals surface area (Å²) in [7, 11) is 0. The lowest BCUT2D eigenvalue weighted by Crippen LogP contribution is -2.41. The van der Waals surface area contributed by atoms with Crippen LogP contribution in [0.2, 0.25) is 0 Å². The Hall–Kier alpha value is -3.05. The number of alkyl halides is 3. The van der Waals surface area contributed by atoms with Gasteiger partial charge in [-0.2, -0.15) is 13.2 Å². The topological polar surface area (TPSA) is 90.0 Å². The van der Waals surface area contributed by atoms with Crippen LogP contribution in [-0.4, -0.2) is 78.2 Å². The second-order valence-corrected chi connectivity index (χ2v) is 12.0. The number of nitrogens with zero attached hydrogens (tertiary/aromatic N) is 3. The number of nitrogens with one attached hydrogen (secondary N) is 2. The number of pyridine rings is 1. The molecule has 3 N–H and O–H groups in total. The maximum atomic E-state index is 12.9. The summed E-state index contributed by atoms with van der Waals surface area (Å²) in [5, 5.41) is 16.6. The Kier molecular flexibility index (Phi) is 8.65. The van der Waals surface area contributed by atoms with Gasteiger partial charge < -0.3 is 30.3 Å². The van der Waals surface area contributed by atoms with E-state index in [9.17, 15) is 23.1 Å². The van der Waals surface area contributed by atoms with Gasteiger partial charge in [0.05, 0.1) is 19.3 Å². The Balaban J connectivity index is 1.38. The highest BCUT2D eigenvalue weighted by Gasteiger charge is 2.36.